The largest absolute Gasteiger partial charge is 0.508 e. The lowest BCUT2D eigenvalue weighted by molar-refractivity contribution is 0.220. The van der Waals surface area contributed by atoms with E-state index in [2.05, 4.69) is 18.9 Å². The molecular weight excluding hydrogens is 226 g/mol. The topological polar surface area (TPSA) is 43.7 Å². The highest BCUT2D eigenvalue weighted by Crippen LogP contribution is 2.30. The third-order valence-electron chi connectivity index (χ3n) is 4.09. The van der Waals surface area contributed by atoms with Crippen LogP contribution in [-0.4, -0.2) is 28.7 Å². The molecule has 1 atom stereocenters. The second-order valence-corrected chi connectivity index (χ2v) is 5.55. The van der Waals surface area contributed by atoms with Gasteiger partial charge in [-0.25, -0.2) is 0 Å². The van der Waals surface area contributed by atoms with Crippen molar-refractivity contribution in [3.8, 4) is 11.5 Å². The van der Waals surface area contributed by atoms with Gasteiger partial charge in [0, 0.05) is 18.7 Å². The van der Waals surface area contributed by atoms with Crippen LogP contribution in [0.25, 0.3) is 0 Å². The fourth-order valence-electron chi connectivity index (χ4n) is 2.87. The monoisotopic (exact) mass is 249 g/mol. The molecule has 1 aromatic rings. The maximum absolute atomic E-state index is 9.53. The van der Waals surface area contributed by atoms with E-state index < -0.39 is 0 Å². The van der Waals surface area contributed by atoms with Crippen molar-refractivity contribution in [1.82, 2.24) is 4.90 Å². The Labute approximate surface area is 109 Å². The van der Waals surface area contributed by atoms with Crippen LogP contribution in [0, 0.1) is 5.92 Å². The summed E-state index contributed by atoms with van der Waals surface area (Å²) in [5.74, 6) is 1.07. The fourth-order valence-corrected chi connectivity index (χ4v) is 2.87. The summed E-state index contributed by atoms with van der Waals surface area (Å²) in [5, 5.41) is 19.1. The Morgan fingerprint density at radius 1 is 1.17 bits per heavy atom. The Hall–Kier alpha value is -1.22. The summed E-state index contributed by atoms with van der Waals surface area (Å²) in [6.45, 7) is 3.21. The number of aromatic hydroxyl groups is 2. The van der Waals surface area contributed by atoms with E-state index in [0.717, 1.165) is 18.0 Å². The van der Waals surface area contributed by atoms with Crippen molar-refractivity contribution in [3.63, 3.8) is 0 Å². The lowest BCUT2D eigenvalue weighted by atomic mass is 10.0. The normalized spacial score (nSPS) is 18.4. The van der Waals surface area contributed by atoms with Crippen LogP contribution in [0.4, 0.5) is 0 Å². The standard InChI is InChI=1S/C15H23NO2/c1-11(13-7-14(17)9-15(18)8-13)16(2)10-12-5-3-4-6-12/h7-9,11-12,17-18H,3-6,10H2,1-2H3. The SMILES string of the molecule is CC(c1cc(O)cc(O)c1)N(C)CC1CCCC1. The third-order valence-corrected chi connectivity index (χ3v) is 4.09. The summed E-state index contributed by atoms with van der Waals surface area (Å²) in [6, 6.07) is 5.04. The number of hydrogen-bond acceptors (Lipinski definition) is 3. The molecule has 100 valence electrons. The van der Waals surface area contributed by atoms with Crippen molar-refractivity contribution in [3.05, 3.63) is 23.8 Å². The molecule has 2 rings (SSSR count). The Morgan fingerprint density at radius 2 is 1.72 bits per heavy atom. The van der Waals surface area contributed by atoms with Gasteiger partial charge < -0.3 is 10.2 Å². The van der Waals surface area contributed by atoms with Crippen molar-refractivity contribution in [1.29, 1.82) is 0 Å². The van der Waals surface area contributed by atoms with E-state index in [4.69, 9.17) is 0 Å². The Morgan fingerprint density at radius 3 is 2.28 bits per heavy atom. The average molecular weight is 249 g/mol. The number of benzene rings is 1. The lowest BCUT2D eigenvalue weighted by Crippen LogP contribution is -2.27. The smallest absolute Gasteiger partial charge is 0.119 e. The van der Waals surface area contributed by atoms with Crippen LogP contribution >= 0.6 is 0 Å². The summed E-state index contributed by atoms with van der Waals surface area (Å²) < 4.78 is 0. The van der Waals surface area contributed by atoms with Gasteiger partial charge in [-0.05, 0) is 50.4 Å². The molecule has 0 aliphatic heterocycles. The predicted molar refractivity (Wildman–Crippen MR) is 72.8 cm³/mol. The van der Waals surface area contributed by atoms with Gasteiger partial charge in [0.25, 0.3) is 0 Å². The van der Waals surface area contributed by atoms with Crippen LogP contribution in [0.1, 0.15) is 44.2 Å². The molecule has 1 aliphatic rings. The molecule has 1 fully saturated rings. The van der Waals surface area contributed by atoms with Gasteiger partial charge in [0.05, 0.1) is 0 Å². The highest BCUT2D eigenvalue weighted by molar-refractivity contribution is 5.37. The van der Waals surface area contributed by atoms with Gasteiger partial charge in [0.15, 0.2) is 0 Å². The molecule has 0 amide bonds. The molecule has 0 heterocycles. The zero-order chi connectivity index (χ0) is 13.1. The summed E-state index contributed by atoms with van der Waals surface area (Å²) in [7, 11) is 2.12. The highest BCUT2D eigenvalue weighted by Gasteiger charge is 2.20. The first-order valence-corrected chi connectivity index (χ1v) is 6.79. The van der Waals surface area contributed by atoms with Crippen LogP contribution in [0.3, 0.4) is 0 Å². The zero-order valence-electron chi connectivity index (χ0n) is 11.3. The van der Waals surface area contributed by atoms with Gasteiger partial charge in [0.2, 0.25) is 0 Å². The van der Waals surface area contributed by atoms with Crippen LogP contribution in [-0.2, 0) is 0 Å². The summed E-state index contributed by atoms with van der Waals surface area (Å²) in [5.41, 5.74) is 0.966. The van der Waals surface area contributed by atoms with Crippen LogP contribution < -0.4 is 0 Å². The molecule has 1 saturated carbocycles. The third kappa shape index (κ3) is 3.16. The van der Waals surface area contributed by atoms with Crippen molar-refractivity contribution >= 4 is 0 Å². The van der Waals surface area contributed by atoms with Crippen molar-refractivity contribution < 1.29 is 10.2 Å². The molecular formula is C15H23NO2. The minimum Gasteiger partial charge on any atom is -0.508 e. The van der Waals surface area contributed by atoms with Gasteiger partial charge in [-0.1, -0.05) is 12.8 Å². The number of nitrogens with zero attached hydrogens (tertiary/aromatic N) is 1. The number of phenolic OH excluding ortho intramolecular Hbond substituents is 2. The molecule has 1 unspecified atom stereocenters. The van der Waals surface area contributed by atoms with Gasteiger partial charge >= 0.3 is 0 Å². The second-order valence-electron chi connectivity index (χ2n) is 5.55. The van der Waals surface area contributed by atoms with E-state index in [1.165, 1.54) is 31.7 Å². The van der Waals surface area contributed by atoms with E-state index in [1.54, 1.807) is 12.1 Å². The first kappa shape index (κ1) is 13.2. The Kier molecular flexibility index (Phi) is 4.12. The molecule has 1 aromatic carbocycles. The van der Waals surface area contributed by atoms with Gasteiger partial charge in [-0.2, -0.15) is 0 Å². The quantitative estimate of drug-likeness (QED) is 0.860. The number of phenols is 2. The predicted octanol–water partition coefficient (Wildman–Crippen LogP) is 3.28. The van der Waals surface area contributed by atoms with Crippen LogP contribution in [0.15, 0.2) is 18.2 Å². The van der Waals surface area contributed by atoms with Crippen molar-refractivity contribution in [2.24, 2.45) is 5.92 Å². The first-order valence-electron chi connectivity index (χ1n) is 6.79. The summed E-state index contributed by atoms with van der Waals surface area (Å²) in [4.78, 5) is 2.31. The fraction of sp³-hybridized carbons (Fsp3) is 0.600. The van der Waals surface area contributed by atoms with Crippen LogP contribution in [0.5, 0.6) is 11.5 Å². The van der Waals surface area contributed by atoms with Crippen molar-refractivity contribution in [2.75, 3.05) is 13.6 Å². The molecule has 2 N–H and O–H groups in total. The van der Waals surface area contributed by atoms with E-state index in [9.17, 15) is 10.2 Å². The maximum Gasteiger partial charge on any atom is 0.119 e. The zero-order valence-corrected chi connectivity index (χ0v) is 11.3. The molecule has 0 aromatic heterocycles. The molecule has 0 spiro atoms. The maximum atomic E-state index is 9.53. The molecule has 3 nitrogen and oxygen atoms in total. The Bertz CT molecular complexity index is 379. The molecule has 0 saturated heterocycles. The molecule has 0 radical (unpaired) electrons. The Balaban J connectivity index is 2.02. The lowest BCUT2D eigenvalue weighted by Gasteiger charge is -2.28. The minimum atomic E-state index is 0.131. The van der Waals surface area contributed by atoms with Gasteiger partial charge in [-0.15, -0.1) is 0 Å². The van der Waals surface area contributed by atoms with Gasteiger partial charge in [0.1, 0.15) is 11.5 Å². The number of hydrogen-bond donors (Lipinski definition) is 2. The summed E-state index contributed by atoms with van der Waals surface area (Å²) >= 11 is 0. The highest BCUT2D eigenvalue weighted by atomic mass is 16.3. The van der Waals surface area contributed by atoms with E-state index >= 15 is 0 Å². The van der Waals surface area contributed by atoms with E-state index in [1.807, 2.05) is 0 Å². The van der Waals surface area contributed by atoms with Crippen LogP contribution in [0.2, 0.25) is 0 Å². The summed E-state index contributed by atoms with van der Waals surface area (Å²) in [6.07, 6.45) is 5.39. The number of rotatable bonds is 4. The molecule has 3 heteroatoms. The molecule has 0 bridgehead atoms. The molecule has 1 aliphatic carbocycles. The second kappa shape index (κ2) is 5.61. The van der Waals surface area contributed by atoms with E-state index in [-0.39, 0.29) is 17.5 Å². The van der Waals surface area contributed by atoms with E-state index in [0.29, 0.717) is 0 Å². The van der Waals surface area contributed by atoms with Crippen molar-refractivity contribution in [2.45, 2.75) is 38.6 Å². The average Bonchev–Trinajstić information content (AvgIpc) is 2.79. The van der Waals surface area contributed by atoms with Gasteiger partial charge in [-0.3, -0.25) is 4.90 Å². The molecule has 18 heavy (non-hydrogen) atoms. The minimum absolute atomic E-state index is 0.131. The first-order chi connectivity index (χ1) is 8.56.